The van der Waals surface area contributed by atoms with Crippen LogP contribution in [0.15, 0.2) is 48.5 Å². The van der Waals surface area contributed by atoms with E-state index >= 15 is 0 Å². The van der Waals surface area contributed by atoms with Crippen molar-refractivity contribution in [2.45, 2.75) is 6.92 Å². The highest BCUT2D eigenvalue weighted by molar-refractivity contribution is 7.85. The molecule has 1 unspecified atom stereocenters. The average molecular weight is 526 g/mol. The van der Waals surface area contributed by atoms with E-state index in [1.165, 1.54) is 13.4 Å². The summed E-state index contributed by atoms with van der Waals surface area (Å²) in [4.78, 5) is 28.6. The molecule has 1 atom stereocenters. The van der Waals surface area contributed by atoms with Crippen molar-refractivity contribution in [3.63, 3.8) is 0 Å². The van der Waals surface area contributed by atoms with E-state index in [9.17, 15) is 13.8 Å². The summed E-state index contributed by atoms with van der Waals surface area (Å²) in [5.41, 5.74) is 1.82. The second kappa shape index (κ2) is 12.2. The number of hydrogen-bond donors (Lipinski definition) is 2. The number of nitrogens with one attached hydrogen (secondary N) is 2. The summed E-state index contributed by atoms with van der Waals surface area (Å²) in [6.45, 7) is 6.33. The van der Waals surface area contributed by atoms with Crippen LogP contribution >= 0.6 is 0 Å². The summed E-state index contributed by atoms with van der Waals surface area (Å²) in [6, 6.07) is 14.2. The molecule has 10 heteroatoms. The van der Waals surface area contributed by atoms with Gasteiger partial charge in [-0.25, -0.2) is 4.21 Å². The van der Waals surface area contributed by atoms with Crippen LogP contribution < -0.4 is 19.5 Å². The van der Waals surface area contributed by atoms with Gasteiger partial charge < -0.3 is 24.2 Å². The Hall–Kier alpha value is -3.47. The number of anilines is 2. The molecule has 3 aromatic carbocycles. The molecule has 4 rings (SSSR count). The molecule has 3 aromatic rings. The number of rotatable bonds is 10. The number of morpholine rings is 1. The van der Waals surface area contributed by atoms with Crippen LogP contribution in [-0.4, -0.2) is 73.6 Å². The van der Waals surface area contributed by atoms with Gasteiger partial charge in [-0.1, -0.05) is 24.3 Å². The van der Waals surface area contributed by atoms with Gasteiger partial charge in [0.05, 0.1) is 31.7 Å². The molecule has 1 amide bonds. The Morgan fingerprint density at radius 3 is 2.46 bits per heavy atom. The van der Waals surface area contributed by atoms with Crippen LogP contribution in [0.25, 0.3) is 10.8 Å². The molecule has 1 fully saturated rings. The van der Waals surface area contributed by atoms with Gasteiger partial charge in [0.15, 0.2) is 5.75 Å². The van der Waals surface area contributed by atoms with Gasteiger partial charge in [0, 0.05) is 36.8 Å². The van der Waals surface area contributed by atoms with Gasteiger partial charge in [-0.3, -0.25) is 14.5 Å². The molecule has 1 aliphatic heterocycles. The zero-order valence-electron chi connectivity index (χ0n) is 21.2. The number of carbonyl (C=O) groups excluding carboxylic acids is 2. The maximum Gasteiger partial charge on any atom is 0.296 e. The van der Waals surface area contributed by atoms with Crippen molar-refractivity contribution in [2.75, 3.05) is 62.9 Å². The monoisotopic (exact) mass is 525 g/mol. The highest BCUT2D eigenvalue weighted by atomic mass is 32.2. The summed E-state index contributed by atoms with van der Waals surface area (Å²) in [5, 5.41) is 4.05. The minimum Gasteiger partial charge on any atom is -0.492 e. The van der Waals surface area contributed by atoms with Gasteiger partial charge in [-0.2, -0.15) is 0 Å². The summed E-state index contributed by atoms with van der Waals surface area (Å²) in [5.74, 6) is -0.549. The Labute approximate surface area is 218 Å². The van der Waals surface area contributed by atoms with Crippen molar-refractivity contribution in [2.24, 2.45) is 0 Å². The summed E-state index contributed by atoms with van der Waals surface area (Å²) >= 11 is 0. The van der Waals surface area contributed by atoms with Gasteiger partial charge in [-0.05, 0) is 42.1 Å². The first kappa shape index (κ1) is 26.6. The van der Waals surface area contributed by atoms with E-state index in [1.54, 1.807) is 30.3 Å². The number of carbonyl (C=O) groups is 2. The first-order valence-corrected chi connectivity index (χ1v) is 13.5. The first-order chi connectivity index (χ1) is 17.9. The predicted octanol–water partition coefficient (Wildman–Crippen LogP) is 3.39. The Kier molecular flexibility index (Phi) is 8.75. The topological polar surface area (TPSA) is 106 Å². The number of ether oxygens (including phenoxy) is 3. The number of hydrogen-bond acceptors (Lipinski definition) is 7. The smallest absolute Gasteiger partial charge is 0.296 e. The second-order valence-electron chi connectivity index (χ2n) is 8.69. The van der Waals surface area contributed by atoms with Gasteiger partial charge in [0.25, 0.3) is 11.7 Å². The first-order valence-electron chi connectivity index (χ1n) is 12.0. The molecule has 0 spiro atoms. The maximum atomic E-state index is 13.3. The third-order valence-corrected chi connectivity index (χ3v) is 6.55. The van der Waals surface area contributed by atoms with Crippen LogP contribution in [0, 0.1) is 6.92 Å². The fraction of sp³-hybridized carbons (Fsp3) is 0.333. The Morgan fingerprint density at radius 1 is 1.05 bits per heavy atom. The number of benzene rings is 3. The fourth-order valence-electron chi connectivity index (χ4n) is 4.32. The van der Waals surface area contributed by atoms with Gasteiger partial charge in [-0.15, -0.1) is 0 Å². The normalized spacial score (nSPS) is 14.7. The van der Waals surface area contributed by atoms with Crippen LogP contribution in [0.3, 0.4) is 0 Å². The molecular weight excluding hydrogens is 494 g/mol. The molecule has 196 valence electrons. The van der Waals surface area contributed by atoms with E-state index in [1.807, 2.05) is 25.1 Å². The third-order valence-electron chi connectivity index (χ3n) is 6.04. The summed E-state index contributed by atoms with van der Waals surface area (Å²) in [7, 11) is 0.0933. The standard InChI is InChI=1S/C27H31N3O6S/c1-18-16-22(26(34-2)23(17-18)29-37(3)33)28-27(32)25(31)21-8-9-24(20-7-5-4-6-19(20)21)36-15-12-30-10-13-35-14-11-30/h4-9,16-17,29H,10-15H2,1-3H3,(H,28,32). The Bertz CT molecular complexity index is 1320. The van der Waals surface area contributed by atoms with E-state index in [0.29, 0.717) is 29.1 Å². The Balaban J connectivity index is 1.54. The van der Waals surface area contributed by atoms with E-state index in [-0.39, 0.29) is 11.3 Å². The number of amides is 1. The molecule has 1 saturated heterocycles. The van der Waals surface area contributed by atoms with Crippen molar-refractivity contribution >= 4 is 44.8 Å². The summed E-state index contributed by atoms with van der Waals surface area (Å²) < 4.78 is 31.4. The molecule has 9 nitrogen and oxygen atoms in total. The summed E-state index contributed by atoms with van der Waals surface area (Å²) in [6.07, 6.45) is 1.49. The number of nitrogens with zero attached hydrogens (tertiary/aromatic N) is 1. The van der Waals surface area contributed by atoms with Crippen molar-refractivity contribution in [3.8, 4) is 11.5 Å². The molecule has 0 radical (unpaired) electrons. The van der Waals surface area contributed by atoms with Crippen LogP contribution in [-0.2, 0) is 20.5 Å². The highest BCUT2D eigenvalue weighted by Gasteiger charge is 2.23. The lowest BCUT2D eigenvalue weighted by atomic mass is 10.00. The minimum atomic E-state index is -1.35. The number of aryl methyl sites for hydroxylation is 1. The van der Waals surface area contributed by atoms with Crippen molar-refractivity contribution < 1.29 is 28.0 Å². The maximum absolute atomic E-state index is 13.3. The van der Waals surface area contributed by atoms with E-state index < -0.39 is 22.7 Å². The van der Waals surface area contributed by atoms with Gasteiger partial charge in [0.1, 0.15) is 23.3 Å². The lowest BCUT2D eigenvalue weighted by molar-refractivity contribution is -0.112. The largest absolute Gasteiger partial charge is 0.492 e. The SMILES string of the molecule is COc1c(NC(=O)C(=O)c2ccc(OCCN3CCOCC3)c3ccccc23)cc(C)cc1NS(C)=O. The second-order valence-corrected chi connectivity index (χ2v) is 9.80. The number of ketones is 1. The van der Waals surface area contributed by atoms with Crippen LogP contribution in [0.1, 0.15) is 15.9 Å². The highest BCUT2D eigenvalue weighted by Crippen LogP contribution is 2.35. The average Bonchev–Trinajstić information content (AvgIpc) is 2.88. The third kappa shape index (κ3) is 6.46. The van der Waals surface area contributed by atoms with Crippen LogP contribution in [0.2, 0.25) is 0 Å². The van der Waals surface area contributed by atoms with E-state index in [2.05, 4.69) is 14.9 Å². The van der Waals surface area contributed by atoms with Gasteiger partial charge in [0.2, 0.25) is 0 Å². The van der Waals surface area contributed by atoms with Crippen molar-refractivity contribution in [3.05, 3.63) is 59.7 Å². The van der Waals surface area contributed by atoms with Crippen LogP contribution in [0.4, 0.5) is 11.4 Å². The molecule has 1 heterocycles. The Morgan fingerprint density at radius 2 is 1.76 bits per heavy atom. The number of methoxy groups -OCH3 is 1. The number of Topliss-reactive ketones (excluding diaryl/α,β-unsaturated/α-hetero) is 1. The molecule has 0 aliphatic carbocycles. The quantitative estimate of drug-likeness (QED) is 0.309. The van der Waals surface area contributed by atoms with E-state index in [4.69, 9.17) is 14.2 Å². The fourth-order valence-corrected chi connectivity index (χ4v) is 4.78. The molecular formula is C27H31N3O6S. The zero-order valence-corrected chi connectivity index (χ0v) is 22.0. The molecule has 1 aliphatic rings. The van der Waals surface area contributed by atoms with E-state index in [0.717, 1.165) is 43.8 Å². The molecule has 0 aromatic heterocycles. The van der Waals surface area contributed by atoms with Gasteiger partial charge >= 0.3 is 0 Å². The molecule has 2 N–H and O–H groups in total. The zero-order chi connectivity index (χ0) is 26.4. The molecule has 37 heavy (non-hydrogen) atoms. The molecule has 0 saturated carbocycles. The van der Waals surface area contributed by atoms with Crippen LogP contribution in [0.5, 0.6) is 11.5 Å². The molecule has 0 bridgehead atoms. The van der Waals surface area contributed by atoms with Crippen molar-refractivity contribution in [1.29, 1.82) is 0 Å². The minimum absolute atomic E-state index is 0.272. The predicted molar refractivity (Wildman–Crippen MR) is 145 cm³/mol. The number of fused-ring (bicyclic) bond motifs is 1. The lowest BCUT2D eigenvalue weighted by Crippen LogP contribution is -2.38. The lowest BCUT2D eigenvalue weighted by Gasteiger charge is -2.26. The van der Waals surface area contributed by atoms with Crippen molar-refractivity contribution in [1.82, 2.24) is 4.90 Å².